The molecule has 0 unspecified atom stereocenters. The minimum Gasteiger partial charge on any atom is -0.274 e. The van der Waals surface area contributed by atoms with Gasteiger partial charge in [-0.25, -0.2) is 5.06 Å². The minimum atomic E-state index is -0.164. The third kappa shape index (κ3) is 2.75. The lowest BCUT2D eigenvalue weighted by Crippen LogP contribution is -2.25. The molecule has 2 aromatic rings. The van der Waals surface area contributed by atoms with Gasteiger partial charge in [-0.15, -0.1) is 0 Å². The zero-order chi connectivity index (χ0) is 13.0. The molecular weight excluding hydrogens is 230 g/mol. The molecule has 1 aromatic heterocycles. The Bertz CT molecular complexity index is 506. The molecule has 5 heteroatoms. The second-order valence-electron chi connectivity index (χ2n) is 3.89. The summed E-state index contributed by atoms with van der Waals surface area (Å²) < 4.78 is 1.83. The van der Waals surface area contributed by atoms with Gasteiger partial charge in [0.1, 0.15) is 0 Å². The van der Waals surface area contributed by atoms with E-state index in [-0.39, 0.29) is 5.91 Å². The zero-order valence-corrected chi connectivity index (χ0v) is 10.4. The average Bonchev–Trinajstić information content (AvgIpc) is 2.91. The summed E-state index contributed by atoms with van der Waals surface area (Å²) in [6, 6.07) is 9.29. The van der Waals surface area contributed by atoms with E-state index >= 15 is 0 Å². The number of hydrogen-bond acceptors (Lipinski definition) is 3. The average molecular weight is 245 g/mol. The Morgan fingerprint density at radius 1 is 1.39 bits per heavy atom. The molecule has 0 aliphatic carbocycles. The first-order valence-electron chi connectivity index (χ1n) is 5.59. The van der Waals surface area contributed by atoms with E-state index in [0.717, 1.165) is 5.56 Å². The Kier molecular flexibility index (Phi) is 3.74. The molecular formula is C13H15N3O2. The van der Waals surface area contributed by atoms with Gasteiger partial charge in [0.25, 0.3) is 5.91 Å². The van der Waals surface area contributed by atoms with Crippen molar-refractivity contribution in [2.75, 3.05) is 14.2 Å². The van der Waals surface area contributed by atoms with E-state index in [4.69, 9.17) is 4.84 Å². The van der Waals surface area contributed by atoms with Crippen LogP contribution in [0.2, 0.25) is 0 Å². The van der Waals surface area contributed by atoms with Gasteiger partial charge in [-0.05, 0) is 23.8 Å². The first kappa shape index (κ1) is 12.3. The first-order chi connectivity index (χ1) is 8.70. The lowest BCUT2D eigenvalue weighted by molar-refractivity contribution is -0.0756. The van der Waals surface area contributed by atoms with Gasteiger partial charge in [0.15, 0.2) is 0 Å². The number of rotatable bonds is 4. The number of hydrogen-bond donors (Lipinski definition) is 0. The maximum absolute atomic E-state index is 11.8. The summed E-state index contributed by atoms with van der Waals surface area (Å²) in [5, 5.41) is 5.33. The van der Waals surface area contributed by atoms with Crippen molar-refractivity contribution in [3.05, 3.63) is 53.9 Å². The highest BCUT2D eigenvalue weighted by molar-refractivity contribution is 5.93. The highest BCUT2D eigenvalue weighted by Gasteiger charge is 2.10. The number of aromatic nitrogens is 2. The molecule has 0 radical (unpaired) electrons. The lowest BCUT2D eigenvalue weighted by Gasteiger charge is -2.13. The first-order valence-corrected chi connectivity index (χ1v) is 5.59. The number of carbonyl (C=O) groups is 1. The molecule has 1 aromatic carbocycles. The standard InChI is InChI=1S/C13H15N3O2/c1-15(18-2)13(17)12-6-4-11(5-7-12)10-16-9-3-8-14-16/h3-9H,10H2,1-2H3. The molecule has 0 aliphatic heterocycles. The SMILES string of the molecule is CON(C)C(=O)c1ccc(Cn2cccn2)cc1. The third-order valence-corrected chi connectivity index (χ3v) is 2.66. The van der Waals surface area contributed by atoms with Crippen LogP contribution in [0, 0.1) is 0 Å². The Morgan fingerprint density at radius 3 is 2.67 bits per heavy atom. The van der Waals surface area contributed by atoms with Crippen molar-refractivity contribution in [2.45, 2.75) is 6.54 Å². The lowest BCUT2D eigenvalue weighted by atomic mass is 10.1. The quantitative estimate of drug-likeness (QED) is 0.768. The van der Waals surface area contributed by atoms with Crippen LogP contribution in [0.1, 0.15) is 15.9 Å². The number of benzene rings is 1. The van der Waals surface area contributed by atoms with Crippen molar-refractivity contribution in [1.29, 1.82) is 0 Å². The second-order valence-corrected chi connectivity index (χ2v) is 3.89. The fourth-order valence-corrected chi connectivity index (χ4v) is 1.60. The fourth-order valence-electron chi connectivity index (χ4n) is 1.60. The van der Waals surface area contributed by atoms with Crippen LogP contribution >= 0.6 is 0 Å². The van der Waals surface area contributed by atoms with Crippen molar-refractivity contribution in [1.82, 2.24) is 14.8 Å². The Balaban J connectivity index is 2.08. The number of nitrogens with zero attached hydrogens (tertiary/aromatic N) is 3. The van der Waals surface area contributed by atoms with Gasteiger partial charge in [0, 0.05) is 25.0 Å². The Morgan fingerprint density at radius 2 is 2.11 bits per heavy atom. The predicted molar refractivity (Wildman–Crippen MR) is 66.9 cm³/mol. The molecule has 2 rings (SSSR count). The van der Waals surface area contributed by atoms with Crippen molar-refractivity contribution in [3.8, 4) is 0 Å². The molecule has 0 N–H and O–H groups in total. The number of carbonyl (C=O) groups excluding carboxylic acids is 1. The molecule has 0 fully saturated rings. The van der Waals surface area contributed by atoms with E-state index in [1.165, 1.54) is 12.2 Å². The van der Waals surface area contributed by atoms with E-state index < -0.39 is 0 Å². The monoisotopic (exact) mass is 245 g/mol. The summed E-state index contributed by atoms with van der Waals surface area (Å²) >= 11 is 0. The smallest absolute Gasteiger partial charge is 0.274 e. The fraction of sp³-hybridized carbons (Fsp3) is 0.231. The van der Waals surface area contributed by atoms with Crippen molar-refractivity contribution in [3.63, 3.8) is 0 Å². The Labute approximate surface area is 106 Å². The van der Waals surface area contributed by atoms with Crippen LogP contribution in [-0.2, 0) is 11.4 Å². The van der Waals surface area contributed by atoms with Crippen molar-refractivity contribution in [2.24, 2.45) is 0 Å². The summed E-state index contributed by atoms with van der Waals surface area (Å²) in [7, 11) is 3.05. The van der Waals surface area contributed by atoms with Crippen LogP contribution in [0.4, 0.5) is 0 Å². The maximum Gasteiger partial charge on any atom is 0.277 e. The van der Waals surface area contributed by atoms with Crippen LogP contribution in [-0.4, -0.2) is 34.9 Å². The van der Waals surface area contributed by atoms with Gasteiger partial charge in [-0.3, -0.25) is 14.3 Å². The molecule has 0 saturated carbocycles. The summed E-state index contributed by atoms with van der Waals surface area (Å²) in [5.41, 5.74) is 1.69. The second kappa shape index (κ2) is 5.46. The van der Waals surface area contributed by atoms with Crippen molar-refractivity contribution < 1.29 is 9.63 Å². The minimum absolute atomic E-state index is 0.164. The van der Waals surface area contributed by atoms with E-state index in [1.54, 1.807) is 25.4 Å². The van der Waals surface area contributed by atoms with Crippen molar-refractivity contribution >= 4 is 5.91 Å². The molecule has 0 saturated heterocycles. The van der Waals surface area contributed by atoms with Gasteiger partial charge in [0.05, 0.1) is 13.7 Å². The summed E-state index contributed by atoms with van der Waals surface area (Å²) in [6.45, 7) is 0.696. The van der Waals surface area contributed by atoms with Gasteiger partial charge in [0.2, 0.25) is 0 Å². The van der Waals surface area contributed by atoms with E-state index in [2.05, 4.69) is 5.10 Å². The van der Waals surface area contributed by atoms with Gasteiger partial charge in [-0.1, -0.05) is 12.1 Å². The summed E-state index contributed by atoms with van der Waals surface area (Å²) in [4.78, 5) is 16.6. The molecule has 0 bridgehead atoms. The summed E-state index contributed by atoms with van der Waals surface area (Å²) in [6.07, 6.45) is 3.64. The van der Waals surface area contributed by atoms with E-state index in [1.807, 2.05) is 29.1 Å². The molecule has 5 nitrogen and oxygen atoms in total. The van der Waals surface area contributed by atoms with Gasteiger partial charge in [-0.2, -0.15) is 5.10 Å². The maximum atomic E-state index is 11.8. The molecule has 18 heavy (non-hydrogen) atoms. The van der Waals surface area contributed by atoms with E-state index in [0.29, 0.717) is 12.1 Å². The highest BCUT2D eigenvalue weighted by atomic mass is 16.7. The molecule has 0 aliphatic rings. The number of amides is 1. The molecule has 0 spiro atoms. The van der Waals surface area contributed by atoms with Crippen LogP contribution in [0.15, 0.2) is 42.7 Å². The van der Waals surface area contributed by atoms with Crippen LogP contribution in [0.25, 0.3) is 0 Å². The molecule has 1 heterocycles. The molecule has 94 valence electrons. The van der Waals surface area contributed by atoms with Crippen LogP contribution in [0.3, 0.4) is 0 Å². The number of hydroxylamine groups is 2. The molecule has 1 amide bonds. The normalized spacial score (nSPS) is 10.3. The largest absolute Gasteiger partial charge is 0.277 e. The van der Waals surface area contributed by atoms with Gasteiger partial charge < -0.3 is 0 Å². The molecule has 0 atom stereocenters. The third-order valence-electron chi connectivity index (χ3n) is 2.66. The van der Waals surface area contributed by atoms with Crippen LogP contribution < -0.4 is 0 Å². The topological polar surface area (TPSA) is 47.4 Å². The Hall–Kier alpha value is -2.14. The van der Waals surface area contributed by atoms with Gasteiger partial charge >= 0.3 is 0 Å². The van der Waals surface area contributed by atoms with Crippen LogP contribution in [0.5, 0.6) is 0 Å². The highest BCUT2D eigenvalue weighted by Crippen LogP contribution is 2.08. The summed E-state index contributed by atoms with van der Waals surface area (Å²) in [5.74, 6) is -0.164. The van der Waals surface area contributed by atoms with E-state index in [9.17, 15) is 4.79 Å². The zero-order valence-electron chi connectivity index (χ0n) is 10.4. The predicted octanol–water partition coefficient (Wildman–Crippen LogP) is 1.56.